The molecule has 0 radical (unpaired) electrons. The van der Waals surface area contributed by atoms with Crippen LogP contribution in [-0.4, -0.2) is 35.1 Å². The predicted octanol–water partition coefficient (Wildman–Crippen LogP) is 5.55. The molecule has 1 amide bonds. The molecule has 1 aromatic carbocycles. The third-order valence-electron chi connectivity index (χ3n) is 4.80. The number of thiazole rings is 1. The molecule has 0 aliphatic carbocycles. The van der Waals surface area contributed by atoms with Gasteiger partial charge in [0, 0.05) is 24.6 Å². The van der Waals surface area contributed by atoms with Gasteiger partial charge in [-0.1, -0.05) is 12.8 Å². The summed E-state index contributed by atoms with van der Waals surface area (Å²) >= 11 is 6.60. The molecule has 1 aromatic heterocycles. The van der Waals surface area contributed by atoms with Crippen LogP contribution in [0.3, 0.4) is 0 Å². The molecule has 2 rings (SSSR count). The number of amides is 1. The topological polar surface area (TPSA) is 106 Å². The maximum Gasteiger partial charge on any atom is 0.305 e. The number of esters is 1. The molecular weight excluding hydrogens is 434 g/mol. The van der Waals surface area contributed by atoms with Crippen LogP contribution in [0, 0.1) is 15.3 Å². The predicted molar refractivity (Wildman–Crippen MR) is 125 cm³/mol. The highest BCUT2D eigenvalue weighted by Gasteiger charge is 2.26. The lowest BCUT2D eigenvalue weighted by Crippen LogP contribution is -2.38. The monoisotopic (exact) mass is 461 g/mol. The number of unbranched alkanes of at least 4 members (excludes halogenated alkanes) is 3. The number of allylic oxidation sites excluding steroid dienone is 1. The van der Waals surface area contributed by atoms with E-state index in [0.29, 0.717) is 28.9 Å². The minimum atomic E-state index is -0.529. The zero-order valence-electron chi connectivity index (χ0n) is 17.9. The molecular formula is C22H27N3O4S2. The van der Waals surface area contributed by atoms with Crippen LogP contribution in [0.15, 0.2) is 29.5 Å². The SMILES string of the molecule is COC(=O)CCCCCC/C(O)=C(/C#N)C(=O)N(c1ccc2[nH]c(=S)sc2c1)C(C)C. The largest absolute Gasteiger partial charge is 0.511 e. The number of aliphatic hydroxyl groups excluding tert-OH is 1. The summed E-state index contributed by atoms with van der Waals surface area (Å²) in [6, 6.07) is 7.17. The second-order valence-electron chi connectivity index (χ2n) is 7.39. The Kier molecular flexibility index (Phi) is 9.21. The first-order valence-electron chi connectivity index (χ1n) is 10.1. The van der Waals surface area contributed by atoms with Gasteiger partial charge in [-0.15, -0.1) is 11.3 Å². The van der Waals surface area contributed by atoms with E-state index in [4.69, 9.17) is 12.2 Å². The average Bonchev–Trinajstić information content (AvgIpc) is 3.10. The number of benzene rings is 1. The minimum Gasteiger partial charge on any atom is -0.511 e. The van der Waals surface area contributed by atoms with E-state index in [2.05, 4.69) is 9.72 Å². The number of methoxy groups -OCH3 is 1. The van der Waals surface area contributed by atoms with Gasteiger partial charge >= 0.3 is 5.97 Å². The average molecular weight is 462 g/mol. The molecule has 31 heavy (non-hydrogen) atoms. The number of hydrogen-bond donors (Lipinski definition) is 2. The number of hydrogen-bond acceptors (Lipinski definition) is 7. The number of aromatic nitrogens is 1. The lowest BCUT2D eigenvalue weighted by Gasteiger charge is -2.27. The maximum absolute atomic E-state index is 13.2. The van der Waals surface area contributed by atoms with E-state index < -0.39 is 5.91 Å². The van der Waals surface area contributed by atoms with E-state index in [1.165, 1.54) is 23.3 Å². The first-order valence-corrected chi connectivity index (χ1v) is 11.4. The maximum atomic E-state index is 13.2. The van der Waals surface area contributed by atoms with Gasteiger partial charge < -0.3 is 19.7 Å². The molecule has 2 aromatic rings. The number of anilines is 1. The molecule has 0 aliphatic rings. The van der Waals surface area contributed by atoms with Crippen molar-refractivity contribution >= 4 is 51.3 Å². The fourth-order valence-corrected chi connectivity index (χ4v) is 4.38. The van der Waals surface area contributed by atoms with Crippen molar-refractivity contribution < 1.29 is 19.4 Å². The fourth-order valence-electron chi connectivity index (χ4n) is 3.23. The van der Waals surface area contributed by atoms with E-state index in [0.717, 1.165) is 23.1 Å². The molecule has 2 N–H and O–H groups in total. The molecule has 7 nitrogen and oxygen atoms in total. The molecule has 0 fully saturated rings. The Morgan fingerprint density at radius 1 is 1.26 bits per heavy atom. The number of aliphatic hydroxyl groups is 1. The van der Waals surface area contributed by atoms with E-state index >= 15 is 0 Å². The van der Waals surface area contributed by atoms with Crippen LogP contribution in [-0.2, 0) is 14.3 Å². The smallest absolute Gasteiger partial charge is 0.305 e. The van der Waals surface area contributed by atoms with Crippen LogP contribution in [0.2, 0.25) is 0 Å². The quantitative estimate of drug-likeness (QED) is 0.120. The van der Waals surface area contributed by atoms with Crippen LogP contribution >= 0.6 is 23.6 Å². The lowest BCUT2D eigenvalue weighted by molar-refractivity contribution is -0.140. The molecule has 0 saturated heterocycles. The van der Waals surface area contributed by atoms with Crippen molar-refractivity contribution in [3.05, 3.63) is 33.5 Å². The number of nitrogens with one attached hydrogen (secondary N) is 1. The third-order valence-corrected chi connectivity index (χ3v) is 6.00. The second-order valence-corrected chi connectivity index (χ2v) is 9.11. The number of rotatable bonds is 10. The summed E-state index contributed by atoms with van der Waals surface area (Å²) in [5.41, 5.74) is 1.28. The van der Waals surface area contributed by atoms with E-state index in [9.17, 15) is 20.0 Å². The Morgan fingerprint density at radius 2 is 1.94 bits per heavy atom. The van der Waals surface area contributed by atoms with Gasteiger partial charge in [0.2, 0.25) is 0 Å². The molecule has 0 unspecified atom stereocenters. The summed E-state index contributed by atoms with van der Waals surface area (Å²) in [7, 11) is 1.36. The Morgan fingerprint density at radius 3 is 2.55 bits per heavy atom. The summed E-state index contributed by atoms with van der Waals surface area (Å²) in [6.45, 7) is 3.71. The first-order chi connectivity index (χ1) is 14.8. The van der Waals surface area contributed by atoms with Crippen LogP contribution in [0.25, 0.3) is 10.2 Å². The van der Waals surface area contributed by atoms with Crippen molar-refractivity contribution in [2.45, 2.75) is 58.4 Å². The van der Waals surface area contributed by atoms with E-state index in [1.807, 2.05) is 32.0 Å². The number of fused-ring (bicyclic) bond motifs is 1. The number of nitrogens with zero attached hydrogens (tertiary/aromatic N) is 2. The van der Waals surface area contributed by atoms with Crippen molar-refractivity contribution in [3.63, 3.8) is 0 Å². The number of carbonyl (C=O) groups excluding carboxylic acids is 2. The van der Waals surface area contributed by atoms with Gasteiger partial charge in [0.05, 0.1) is 17.3 Å². The van der Waals surface area contributed by atoms with Crippen LogP contribution in [0.4, 0.5) is 5.69 Å². The number of nitriles is 1. The molecule has 0 aliphatic heterocycles. The highest BCUT2D eigenvalue weighted by atomic mass is 32.1. The molecule has 0 atom stereocenters. The first kappa shape index (κ1) is 24.6. The zero-order chi connectivity index (χ0) is 23.0. The van der Waals surface area contributed by atoms with Gasteiger partial charge in [0.1, 0.15) is 11.8 Å². The molecule has 166 valence electrons. The number of ether oxygens (including phenoxy) is 1. The van der Waals surface area contributed by atoms with Gasteiger partial charge in [-0.2, -0.15) is 5.26 Å². The molecule has 0 spiro atoms. The van der Waals surface area contributed by atoms with Crippen molar-refractivity contribution in [1.29, 1.82) is 5.26 Å². The van der Waals surface area contributed by atoms with Crippen molar-refractivity contribution in [2.75, 3.05) is 12.0 Å². The number of carbonyl (C=O) groups is 2. The number of H-pyrrole nitrogens is 1. The summed E-state index contributed by atoms with van der Waals surface area (Å²) in [5.74, 6) is -0.972. The summed E-state index contributed by atoms with van der Waals surface area (Å²) in [6.07, 6.45) is 3.50. The number of aromatic amines is 1. The molecule has 0 saturated carbocycles. The zero-order valence-corrected chi connectivity index (χ0v) is 19.6. The van der Waals surface area contributed by atoms with Gasteiger partial charge in [-0.3, -0.25) is 9.59 Å². The summed E-state index contributed by atoms with van der Waals surface area (Å²) in [5, 5.41) is 20.0. The van der Waals surface area contributed by atoms with E-state index in [1.54, 1.807) is 6.07 Å². The standard InChI is InChI=1S/C22H27N3O4S2/c1-14(2)25(15-10-11-17-19(12-15)31-22(30)24-17)21(28)16(13-23)18(26)8-6-4-5-7-9-20(27)29-3/h10-12,14,26H,4-9H2,1-3H3,(H,24,30)/b18-16+. The van der Waals surface area contributed by atoms with E-state index in [-0.39, 0.29) is 29.8 Å². The van der Waals surface area contributed by atoms with Crippen molar-refractivity contribution in [3.8, 4) is 6.07 Å². The highest BCUT2D eigenvalue weighted by molar-refractivity contribution is 7.73. The molecule has 1 heterocycles. The molecule has 0 bridgehead atoms. The lowest BCUT2D eigenvalue weighted by atomic mass is 10.1. The van der Waals surface area contributed by atoms with Crippen molar-refractivity contribution in [2.24, 2.45) is 0 Å². The van der Waals surface area contributed by atoms with Gasteiger partial charge in [0.25, 0.3) is 5.91 Å². The van der Waals surface area contributed by atoms with Gasteiger partial charge in [-0.05, 0) is 57.1 Å². The Hall–Kier alpha value is -2.70. The second kappa shape index (κ2) is 11.6. The van der Waals surface area contributed by atoms with Crippen LogP contribution in [0.1, 0.15) is 52.4 Å². The van der Waals surface area contributed by atoms with Crippen LogP contribution < -0.4 is 4.90 Å². The highest BCUT2D eigenvalue weighted by Crippen LogP contribution is 2.28. The molecule has 9 heteroatoms. The van der Waals surface area contributed by atoms with Gasteiger partial charge in [-0.25, -0.2) is 0 Å². The van der Waals surface area contributed by atoms with Gasteiger partial charge in [0.15, 0.2) is 9.53 Å². The Bertz CT molecular complexity index is 1060. The van der Waals surface area contributed by atoms with Crippen molar-refractivity contribution in [1.82, 2.24) is 4.98 Å². The summed E-state index contributed by atoms with van der Waals surface area (Å²) < 4.78 is 6.17. The third kappa shape index (κ3) is 6.64. The van der Waals surface area contributed by atoms with Crippen LogP contribution in [0.5, 0.6) is 0 Å². The fraction of sp³-hybridized carbons (Fsp3) is 0.455. The Balaban J connectivity index is 2.11. The normalized spacial score (nSPS) is 11.8. The summed E-state index contributed by atoms with van der Waals surface area (Å²) in [4.78, 5) is 28.9. The minimum absolute atomic E-state index is 0.204. The Labute approximate surface area is 190 Å².